The van der Waals surface area contributed by atoms with E-state index in [1.165, 1.54) is 16.6 Å². The van der Waals surface area contributed by atoms with Crippen LogP contribution in [-0.4, -0.2) is 9.13 Å². The van der Waals surface area contributed by atoms with Gasteiger partial charge in [-0.3, -0.25) is 0 Å². The number of allylic oxidation sites excluding steroid dienone is 3. The van der Waals surface area contributed by atoms with E-state index in [4.69, 9.17) is 0 Å². The third kappa shape index (κ3) is 4.82. The summed E-state index contributed by atoms with van der Waals surface area (Å²) in [5, 5.41) is 31.7. The molecule has 0 N–H and O–H groups in total. The molecule has 2 aliphatic rings. The van der Waals surface area contributed by atoms with E-state index in [0.717, 1.165) is 74.1 Å². The van der Waals surface area contributed by atoms with Crippen molar-refractivity contribution in [2.24, 2.45) is 5.92 Å². The predicted octanol–water partition coefficient (Wildman–Crippen LogP) is 10.8. The molecule has 2 aliphatic carbocycles. The highest BCUT2D eigenvalue weighted by Gasteiger charge is 2.23. The van der Waals surface area contributed by atoms with Gasteiger partial charge >= 0.3 is 0 Å². The fourth-order valence-corrected chi connectivity index (χ4v) is 7.81. The van der Waals surface area contributed by atoms with E-state index in [0.29, 0.717) is 11.1 Å². The first-order valence-corrected chi connectivity index (χ1v) is 17.0. The molecule has 5 aromatic carbocycles. The smallest absolute Gasteiger partial charge is 0.0992 e. The molecule has 0 bridgehead atoms. The van der Waals surface area contributed by atoms with Crippen molar-refractivity contribution in [1.82, 2.24) is 9.13 Å². The van der Waals surface area contributed by atoms with Crippen LogP contribution in [0, 0.1) is 39.9 Å². The SMILES string of the molecule is N#Cc1ccc(-c2ccccc2-c2cccc(-n3c4c(c5cc(C#N)ccc53)C=CC(C#N)C=C4)c2)c(-n2c3c(c4ccccc42)CCC=C3)c1. The molecule has 51 heavy (non-hydrogen) atoms. The average Bonchev–Trinajstić information content (AvgIpc) is 3.60. The van der Waals surface area contributed by atoms with Gasteiger partial charge in [-0.1, -0.05) is 85.0 Å². The van der Waals surface area contributed by atoms with Gasteiger partial charge < -0.3 is 9.13 Å². The fraction of sp³-hybridized carbons (Fsp3) is 0.0652. The molecule has 5 heteroatoms. The first kappa shape index (κ1) is 30.0. The van der Waals surface area contributed by atoms with Crippen LogP contribution >= 0.6 is 0 Å². The van der Waals surface area contributed by atoms with E-state index in [1.807, 2.05) is 54.6 Å². The molecule has 7 aromatic rings. The van der Waals surface area contributed by atoms with Crippen molar-refractivity contribution in [3.8, 4) is 51.8 Å². The van der Waals surface area contributed by atoms with E-state index in [1.54, 1.807) is 0 Å². The number of fused-ring (bicyclic) bond motifs is 6. The largest absolute Gasteiger partial charge is 0.309 e. The number of rotatable bonds is 4. The summed E-state index contributed by atoms with van der Waals surface area (Å²) in [4.78, 5) is 0. The molecule has 0 saturated carbocycles. The zero-order valence-corrected chi connectivity index (χ0v) is 27.6. The Morgan fingerprint density at radius 2 is 1.35 bits per heavy atom. The maximum absolute atomic E-state index is 10.0. The molecule has 0 spiro atoms. The van der Waals surface area contributed by atoms with E-state index >= 15 is 0 Å². The van der Waals surface area contributed by atoms with Crippen LogP contribution in [0.2, 0.25) is 0 Å². The molecule has 9 rings (SSSR count). The van der Waals surface area contributed by atoms with E-state index < -0.39 is 0 Å². The monoisotopic (exact) mass is 651 g/mol. The van der Waals surface area contributed by atoms with Crippen LogP contribution in [0.1, 0.15) is 40.1 Å². The van der Waals surface area contributed by atoms with Crippen molar-refractivity contribution < 1.29 is 0 Å². The van der Waals surface area contributed by atoms with Gasteiger partial charge in [0.15, 0.2) is 0 Å². The van der Waals surface area contributed by atoms with Gasteiger partial charge in [0.25, 0.3) is 0 Å². The fourth-order valence-electron chi connectivity index (χ4n) is 7.81. The van der Waals surface area contributed by atoms with Crippen LogP contribution in [0.25, 0.3) is 73.7 Å². The molecule has 0 fully saturated rings. The minimum Gasteiger partial charge on any atom is -0.309 e. The molecule has 0 saturated heterocycles. The lowest BCUT2D eigenvalue weighted by Crippen LogP contribution is -2.03. The van der Waals surface area contributed by atoms with Gasteiger partial charge in [-0.2, -0.15) is 15.8 Å². The topological polar surface area (TPSA) is 81.2 Å². The lowest BCUT2D eigenvalue weighted by molar-refractivity contribution is 0.968. The van der Waals surface area contributed by atoms with Crippen molar-refractivity contribution in [2.45, 2.75) is 12.8 Å². The van der Waals surface area contributed by atoms with Crippen molar-refractivity contribution in [2.75, 3.05) is 0 Å². The molecule has 1 unspecified atom stereocenters. The number of aromatic nitrogens is 2. The Morgan fingerprint density at radius 3 is 2.22 bits per heavy atom. The molecule has 2 heterocycles. The van der Waals surface area contributed by atoms with Crippen LogP contribution in [0.3, 0.4) is 0 Å². The minimum absolute atomic E-state index is 0.335. The number of nitrogens with zero attached hydrogens (tertiary/aromatic N) is 5. The maximum atomic E-state index is 10.0. The van der Waals surface area contributed by atoms with Gasteiger partial charge in [0.1, 0.15) is 0 Å². The first-order chi connectivity index (χ1) is 25.2. The Kier molecular flexibility index (Phi) is 7.10. The standard InChI is InChI=1S/C46H29N5/c47-27-30-16-20-40-41-24-31(28-48)19-23-45(41)50(44(40)22-18-30)34-9-7-8-33(26-34)35-10-1-2-11-36(35)39-21-17-32(29-49)25-46(39)51-42-14-5-3-12-37(42)38-13-4-6-15-43(38)51/h1-3,5-12,14-26,30H,4,13H2. The molecule has 2 aromatic heterocycles. The molecule has 0 radical (unpaired) electrons. The van der Waals surface area contributed by atoms with E-state index in [-0.39, 0.29) is 5.92 Å². The van der Waals surface area contributed by atoms with Gasteiger partial charge in [0.05, 0.1) is 57.7 Å². The minimum atomic E-state index is -0.335. The summed E-state index contributed by atoms with van der Waals surface area (Å²) in [6.07, 6.45) is 14.3. The Hall–Kier alpha value is -7.13. The molecule has 0 amide bonds. The normalized spacial score (nSPS) is 14.4. The summed E-state index contributed by atoms with van der Waals surface area (Å²) in [5.41, 5.74) is 13.9. The summed E-state index contributed by atoms with van der Waals surface area (Å²) in [7, 11) is 0. The van der Waals surface area contributed by atoms with Crippen LogP contribution < -0.4 is 0 Å². The molecular formula is C46H29N5. The Balaban J connectivity index is 1.25. The molecular weight excluding hydrogens is 623 g/mol. The second-order valence-electron chi connectivity index (χ2n) is 12.9. The highest BCUT2D eigenvalue weighted by Crippen LogP contribution is 2.42. The predicted molar refractivity (Wildman–Crippen MR) is 205 cm³/mol. The van der Waals surface area contributed by atoms with Gasteiger partial charge in [-0.05, 0) is 95.8 Å². The Bertz CT molecular complexity index is 2800. The number of benzene rings is 5. The van der Waals surface area contributed by atoms with Gasteiger partial charge in [-0.25, -0.2) is 0 Å². The molecule has 0 aliphatic heterocycles. The van der Waals surface area contributed by atoms with Crippen molar-refractivity contribution in [3.05, 3.63) is 161 Å². The highest BCUT2D eigenvalue weighted by molar-refractivity contribution is 5.98. The van der Waals surface area contributed by atoms with Gasteiger partial charge in [0, 0.05) is 33.3 Å². The number of para-hydroxylation sites is 1. The van der Waals surface area contributed by atoms with Gasteiger partial charge in [-0.15, -0.1) is 0 Å². The number of nitriles is 3. The van der Waals surface area contributed by atoms with Crippen molar-refractivity contribution in [1.29, 1.82) is 15.8 Å². The van der Waals surface area contributed by atoms with Gasteiger partial charge in [0.2, 0.25) is 0 Å². The summed E-state index contributed by atoms with van der Waals surface area (Å²) < 4.78 is 4.55. The number of hydrogen-bond donors (Lipinski definition) is 0. The van der Waals surface area contributed by atoms with E-state index in [2.05, 4.69) is 118 Å². The zero-order chi connectivity index (χ0) is 34.5. The van der Waals surface area contributed by atoms with Crippen LogP contribution in [-0.2, 0) is 6.42 Å². The summed E-state index contributed by atoms with van der Waals surface area (Å²) >= 11 is 0. The van der Waals surface area contributed by atoms with Crippen LogP contribution in [0.5, 0.6) is 0 Å². The average molecular weight is 652 g/mol. The molecule has 1 atom stereocenters. The Labute approximate surface area is 295 Å². The number of aryl methyl sites for hydroxylation is 1. The second-order valence-corrected chi connectivity index (χ2v) is 12.9. The third-order valence-corrected chi connectivity index (χ3v) is 10.1. The lowest BCUT2D eigenvalue weighted by atomic mass is 9.92. The molecule has 238 valence electrons. The summed E-state index contributed by atoms with van der Waals surface area (Å²) in [6.45, 7) is 0. The zero-order valence-electron chi connectivity index (χ0n) is 27.6. The molecule has 5 nitrogen and oxygen atoms in total. The second kappa shape index (κ2) is 12.1. The number of hydrogen-bond acceptors (Lipinski definition) is 3. The first-order valence-electron chi connectivity index (χ1n) is 17.0. The van der Waals surface area contributed by atoms with Crippen molar-refractivity contribution >= 4 is 40.0 Å². The highest BCUT2D eigenvalue weighted by atomic mass is 15.0. The summed E-state index contributed by atoms with van der Waals surface area (Å²) in [5.74, 6) is -0.335. The lowest BCUT2D eigenvalue weighted by Gasteiger charge is -2.19. The van der Waals surface area contributed by atoms with Crippen LogP contribution in [0.15, 0.2) is 127 Å². The quantitative estimate of drug-likeness (QED) is 0.190. The maximum Gasteiger partial charge on any atom is 0.0992 e. The van der Waals surface area contributed by atoms with E-state index in [9.17, 15) is 15.8 Å². The Morgan fingerprint density at radius 1 is 0.588 bits per heavy atom. The van der Waals surface area contributed by atoms with Crippen LogP contribution in [0.4, 0.5) is 0 Å². The van der Waals surface area contributed by atoms with Crippen molar-refractivity contribution in [3.63, 3.8) is 0 Å². The summed E-state index contributed by atoms with van der Waals surface area (Å²) in [6, 6.07) is 44.4. The third-order valence-electron chi connectivity index (χ3n) is 10.1.